The molecule has 0 amide bonds. The minimum atomic E-state index is -0.428. The fourth-order valence-electron chi connectivity index (χ4n) is 2.13. The number of aromatic hydroxyl groups is 1. The van der Waals surface area contributed by atoms with Crippen LogP contribution in [0.1, 0.15) is 17.2 Å². The fourth-order valence-corrected chi connectivity index (χ4v) is 2.13. The Bertz CT molecular complexity index is 647. The molecule has 4 heteroatoms. The maximum Gasteiger partial charge on any atom is 0.357 e. The molecule has 0 saturated carbocycles. The highest BCUT2D eigenvalue weighted by atomic mass is 16.5. The molecule has 2 aromatic carbocycles. The summed E-state index contributed by atoms with van der Waals surface area (Å²) in [4.78, 5) is 16.3. The van der Waals surface area contributed by atoms with E-state index in [1.54, 1.807) is 12.1 Å². The van der Waals surface area contributed by atoms with Crippen molar-refractivity contribution in [3.05, 3.63) is 65.7 Å². The lowest BCUT2D eigenvalue weighted by Crippen LogP contribution is -2.27. The van der Waals surface area contributed by atoms with Gasteiger partial charge in [0.25, 0.3) is 0 Å². The van der Waals surface area contributed by atoms with E-state index >= 15 is 0 Å². The van der Waals surface area contributed by atoms with Crippen molar-refractivity contribution in [2.24, 2.45) is 4.99 Å². The highest BCUT2D eigenvalue weighted by Crippen LogP contribution is 2.23. The summed E-state index contributed by atoms with van der Waals surface area (Å²) in [6.45, 7) is 0.254. The van der Waals surface area contributed by atoms with E-state index in [9.17, 15) is 9.90 Å². The van der Waals surface area contributed by atoms with Crippen molar-refractivity contribution in [2.75, 3.05) is 6.61 Å². The maximum absolute atomic E-state index is 11.8. The SMILES string of the molecule is O=C1OC[C@H](c2ccccc2)N=C1c1ccc(O)cc1. The van der Waals surface area contributed by atoms with Crippen molar-refractivity contribution < 1.29 is 14.6 Å². The third-order valence-corrected chi connectivity index (χ3v) is 3.18. The lowest BCUT2D eigenvalue weighted by atomic mass is 10.0. The summed E-state index contributed by atoms with van der Waals surface area (Å²) >= 11 is 0. The summed E-state index contributed by atoms with van der Waals surface area (Å²) in [6.07, 6.45) is 0. The molecule has 0 saturated heterocycles. The average molecular weight is 267 g/mol. The number of hydrogen-bond acceptors (Lipinski definition) is 4. The second kappa shape index (κ2) is 5.17. The number of cyclic esters (lactones) is 1. The monoisotopic (exact) mass is 267 g/mol. The van der Waals surface area contributed by atoms with E-state index in [1.807, 2.05) is 30.3 Å². The number of esters is 1. The van der Waals surface area contributed by atoms with Crippen molar-refractivity contribution in [3.8, 4) is 5.75 Å². The first-order valence-corrected chi connectivity index (χ1v) is 6.33. The summed E-state index contributed by atoms with van der Waals surface area (Å²) in [7, 11) is 0. The Balaban J connectivity index is 1.97. The maximum atomic E-state index is 11.8. The van der Waals surface area contributed by atoms with Crippen molar-refractivity contribution in [2.45, 2.75) is 6.04 Å². The predicted octanol–water partition coefficient (Wildman–Crippen LogP) is 2.48. The summed E-state index contributed by atoms with van der Waals surface area (Å²) in [5.74, 6) is -0.277. The molecule has 0 aliphatic carbocycles. The first-order valence-electron chi connectivity index (χ1n) is 6.33. The molecule has 1 heterocycles. The first kappa shape index (κ1) is 12.4. The summed E-state index contributed by atoms with van der Waals surface area (Å²) in [5.41, 5.74) is 1.95. The minimum absolute atomic E-state index is 0.151. The van der Waals surface area contributed by atoms with E-state index in [4.69, 9.17) is 4.74 Å². The van der Waals surface area contributed by atoms with Gasteiger partial charge < -0.3 is 9.84 Å². The molecule has 3 rings (SSSR count). The number of ether oxygens (including phenoxy) is 1. The molecule has 4 nitrogen and oxygen atoms in total. The van der Waals surface area contributed by atoms with Gasteiger partial charge in [-0.1, -0.05) is 30.3 Å². The van der Waals surface area contributed by atoms with E-state index in [1.165, 1.54) is 12.1 Å². The van der Waals surface area contributed by atoms with Gasteiger partial charge in [0, 0.05) is 5.56 Å². The van der Waals surface area contributed by atoms with Crippen LogP contribution in [0, 0.1) is 0 Å². The summed E-state index contributed by atoms with van der Waals surface area (Å²) < 4.78 is 5.21. The molecule has 100 valence electrons. The predicted molar refractivity (Wildman–Crippen MR) is 74.8 cm³/mol. The van der Waals surface area contributed by atoms with Gasteiger partial charge >= 0.3 is 5.97 Å². The third-order valence-electron chi connectivity index (χ3n) is 3.18. The molecule has 1 aliphatic rings. The normalized spacial score (nSPS) is 18.3. The Morgan fingerprint density at radius 2 is 1.75 bits per heavy atom. The van der Waals surface area contributed by atoms with Crippen LogP contribution in [0.3, 0.4) is 0 Å². The molecule has 1 N–H and O–H groups in total. The van der Waals surface area contributed by atoms with Gasteiger partial charge in [0.2, 0.25) is 0 Å². The van der Waals surface area contributed by atoms with Crippen molar-refractivity contribution >= 4 is 11.7 Å². The van der Waals surface area contributed by atoms with Crippen LogP contribution in [-0.2, 0) is 9.53 Å². The van der Waals surface area contributed by atoms with Gasteiger partial charge in [-0.15, -0.1) is 0 Å². The van der Waals surface area contributed by atoms with E-state index in [0.29, 0.717) is 11.3 Å². The molecular formula is C16H13NO3. The molecule has 0 aromatic heterocycles. The van der Waals surface area contributed by atoms with Crippen LogP contribution in [0.25, 0.3) is 0 Å². The molecule has 2 aromatic rings. The zero-order valence-corrected chi connectivity index (χ0v) is 10.7. The number of aliphatic imine (C=N–C) groups is 1. The van der Waals surface area contributed by atoms with Gasteiger partial charge in [-0.3, -0.25) is 4.99 Å². The van der Waals surface area contributed by atoms with Gasteiger partial charge in [-0.25, -0.2) is 4.79 Å². The van der Waals surface area contributed by atoms with Crippen molar-refractivity contribution in [3.63, 3.8) is 0 Å². The van der Waals surface area contributed by atoms with E-state index < -0.39 is 5.97 Å². The molecule has 0 fully saturated rings. The molecule has 20 heavy (non-hydrogen) atoms. The molecule has 1 aliphatic heterocycles. The van der Waals surface area contributed by atoms with Gasteiger partial charge in [-0.2, -0.15) is 0 Å². The van der Waals surface area contributed by atoms with Crippen LogP contribution in [0.5, 0.6) is 5.75 Å². The number of benzene rings is 2. The van der Waals surface area contributed by atoms with Gasteiger partial charge in [0.15, 0.2) is 5.71 Å². The zero-order chi connectivity index (χ0) is 13.9. The largest absolute Gasteiger partial charge is 0.508 e. The van der Waals surface area contributed by atoms with Crippen LogP contribution in [0.15, 0.2) is 59.6 Å². The summed E-state index contributed by atoms with van der Waals surface area (Å²) in [6, 6.07) is 15.9. The van der Waals surface area contributed by atoms with E-state index in [-0.39, 0.29) is 18.4 Å². The number of phenols is 1. The summed E-state index contributed by atoms with van der Waals surface area (Å²) in [5, 5.41) is 9.29. The van der Waals surface area contributed by atoms with Gasteiger partial charge in [0.1, 0.15) is 18.4 Å². The quantitative estimate of drug-likeness (QED) is 0.850. The Kier molecular flexibility index (Phi) is 3.21. The number of carbonyl (C=O) groups excluding carboxylic acids is 1. The molecule has 1 atom stereocenters. The Hall–Kier alpha value is -2.62. The number of carbonyl (C=O) groups is 1. The highest BCUT2D eigenvalue weighted by molar-refractivity contribution is 6.43. The van der Waals surface area contributed by atoms with Crippen LogP contribution in [-0.4, -0.2) is 23.4 Å². The standard InChI is InChI=1S/C16H13NO3/c18-13-8-6-12(7-9-13)15-16(19)20-10-14(17-15)11-4-2-1-3-5-11/h1-9,14,18H,10H2/t14-/m1/s1. The van der Waals surface area contributed by atoms with Crippen molar-refractivity contribution in [1.82, 2.24) is 0 Å². The Morgan fingerprint density at radius 1 is 1.05 bits per heavy atom. The van der Waals surface area contributed by atoms with Crippen LogP contribution in [0.4, 0.5) is 0 Å². The minimum Gasteiger partial charge on any atom is -0.508 e. The van der Waals surface area contributed by atoms with Crippen molar-refractivity contribution in [1.29, 1.82) is 0 Å². The number of rotatable bonds is 2. The molecule has 0 spiro atoms. The smallest absolute Gasteiger partial charge is 0.357 e. The Morgan fingerprint density at radius 3 is 2.45 bits per heavy atom. The molecular weight excluding hydrogens is 254 g/mol. The van der Waals surface area contributed by atoms with Crippen LogP contribution in [0.2, 0.25) is 0 Å². The average Bonchev–Trinajstić information content (AvgIpc) is 2.50. The van der Waals surface area contributed by atoms with Gasteiger partial charge in [0.05, 0.1) is 0 Å². The first-order chi connectivity index (χ1) is 9.74. The van der Waals surface area contributed by atoms with E-state index in [0.717, 1.165) is 5.56 Å². The zero-order valence-electron chi connectivity index (χ0n) is 10.7. The second-order valence-corrected chi connectivity index (χ2v) is 4.55. The molecule has 0 bridgehead atoms. The van der Waals surface area contributed by atoms with Crippen LogP contribution >= 0.6 is 0 Å². The lowest BCUT2D eigenvalue weighted by molar-refractivity contribution is -0.137. The molecule has 0 radical (unpaired) electrons. The topological polar surface area (TPSA) is 58.9 Å². The molecule has 0 unspecified atom stereocenters. The number of phenolic OH excluding ortho intramolecular Hbond substituents is 1. The van der Waals surface area contributed by atoms with E-state index in [2.05, 4.69) is 4.99 Å². The highest BCUT2D eigenvalue weighted by Gasteiger charge is 2.25. The van der Waals surface area contributed by atoms with Gasteiger partial charge in [-0.05, 0) is 29.8 Å². The van der Waals surface area contributed by atoms with Crippen LogP contribution < -0.4 is 0 Å². The number of nitrogens with zero attached hydrogens (tertiary/aromatic N) is 1. The lowest BCUT2D eigenvalue weighted by Gasteiger charge is -2.20. The fraction of sp³-hybridized carbons (Fsp3) is 0.125. The number of hydrogen-bond donors (Lipinski definition) is 1. The third kappa shape index (κ3) is 2.40. The Labute approximate surface area is 116 Å². The second-order valence-electron chi connectivity index (χ2n) is 4.55.